The summed E-state index contributed by atoms with van der Waals surface area (Å²) < 4.78 is 5.59. The second-order valence-corrected chi connectivity index (χ2v) is 8.50. The molecule has 1 saturated carbocycles. The molecule has 0 bridgehead atoms. The van der Waals surface area contributed by atoms with Crippen LogP contribution in [0.5, 0.6) is 5.75 Å². The summed E-state index contributed by atoms with van der Waals surface area (Å²) in [6.07, 6.45) is 8.51. The van der Waals surface area contributed by atoms with Gasteiger partial charge in [0.15, 0.2) is 0 Å². The second kappa shape index (κ2) is 6.09. The molecule has 1 spiro atoms. The third-order valence-corrected chi connectivity index (χ3v) is 5.68. The fourth-order valence-corrected chi connectivity index (χ4v) is 4.58. The van der Waals surface area contributed by atoms with Crippen molar-refractivity contribution in [2.75, 3.05) is 7.11 Å². The maximum atomic E-state index is 5.59. The van der Waals surface area contributed by atoms with Crippen molar-refractivity contribution in [3.63, 3.8) is 0 Å². The van der Waals surface area contributed by atoms with Crippen LogP contribution in [0, 0.1) is 6.92 Å². The van der Waals surface area contributed by atoms with Crippen molar-refractivity contribution < 1.29 is 4.74 Å². The molecule has 1 unspecified atom stereocenters. The van der Waals surface area contributed by atoms with Gasteiger partial charge in [0.1, 0.15) is 5.75 Å². The van der Waals surface area contributed by atoms with E-state index in [1.807, 2.05) is 0 Å². The molecule has 1 aliphatic heterocycles. The number of hydrogen-bond acceptors (Lipinski definition) is 2. The van der Waals surface area contributed by atoms with Crippen molar-refractivity contribution >= 4 is 6.34 Å². The summed E-state index contributed by atoms with van der Waals surface area (Å²) in [6.45, 7) is 11.0. The minimum Gasteiger partial charge on any atom is -0.497 e. The molecule has 3 heteroatoms. The van der Waals surface area contributed by atoms with Crippen LogP contribution in [0.2, 0.25) is 0 Å². The maximum Gasteiger partial charge on any atom is 0.119 e. The van der Waals surface area contributed by atoms with Gasteiger partial charge in [-0.2, -0.15) is 0 Å². The van der Waals surface area contributed by atoms with Crippen molar-refractivity contribution in [1.82, 2.24) is 4.90 Å². The number of methoxy groups -OCH3 is 1. The van der Waals surface area contributed by atoms with Crippen LogP contribution < -0.4 is 4.74 Å². The van der Waals surface area contributed by atoms with Crippen LogP contribution in [0.3, 0.4) is 0 Å². The Morgan fingerprint density at radius 2 is 1.88 bits per heavy atom. The zero-order valence-corrected chi connectivity index (χ0v) is 16.1. The third-order valence-electron chi connectivity index (χ3n) is 5.68. The molecule has 0 amide bonds. The Labute approximate surface area is 147 Å². The summed E-state index contributed by atoms with van der Waals surface area (Å²) in [5, 5.41) is 0. The summed E-state index contributed by atoms with van der Waals surface area (Å²) in [7, 11) is 1.77. The van der Waals surface area contributed by atoms with E-state index in [0.29, 0.717) is 6.04 Å². The van der Waals surface area contributed by atoms with Crippen LogP contribution in [-0.2, 0) is 5.54 Å². The van der Waals surface area contributed by atoms with Crippen molar-refractivity contribution in [2.45, 2.75) is 83.8 Å². The van der Waals surface area contributed by atoms with Gasteiger partial charge in [-0.3, -0.25) is 4.99 Å². The van der Waals surface area contributed by atoms with Crippen LogP contribution >= 0.6 is 0 Å². The van der Waals surface area contributed by atoms with Gasteiger partial charge in [0.2, 0.25) is 0 Å². The van der Waals surface area contributed by atoms with E-state index in [1.165, 1.54) is 48.8 Å². The van der Waals surface area contributed by atoms with E-state index < -0.39 is 0 Å². The van der Waals surface area contributed by atoms with Crippen LogP contribution in [0.15, 0.2) is 17.1 Å². The van der Waals surface area contributed by atoms with Gasteiger partial charge in [-0.25, -0.2) is 0 Å². The molecule has 1 aromatic rings. The van der Waals surface area contributed by atoms with Crippen molar-refractivity contribution in [2.24, 2.45) is 4.99 Å². The zero-order chi connectivity index (χ0) is 17.5. The van der Waals surface area contributed by atoms with E-state index in [1.54, 1.807) is 7.11 Å². The fourth-order valence-electron chi connectivity index (χ4n) is 4.58. The highest BCUT2D eigenvalue weighted by atomic mass is 16.5. The minimum absolute atomic E-state index is 0.0446. The molecule has 3 rings (SSSR count). The molecule has 2 aliphatic rings. The summed E-state index contributed by atoms with van der Waals surface area (Å²) in [5.41, 5.74) is 4.36. The Morgan fingerprint density at radius 3 is 2.46 bits per heavy atom. The first kappa shape index (κ1) is 17.3. The molecule has 1 aromatic carbocycles. The number of aryl methyl sites for hydroxylation is 1. The van der Waals surface area contributed by atoms with Crippen molar-refractivity contribution in [3.8, 4) is 5.75 Å². The molecule has 1 fully saturated rings. The lowest BCUT2D eigenvalue weighted by Gasteiger charge is -2.43. The number of nitrogens with zero attached hydrogens (tertiary/aromatic N) is 2. The van der Waals surface area contributed by atoms with Crippen LogP contribution in [-0.4, -0.2) is 23.9 Å². The molecule has 3 nitrogen and oxygen atoms in total. The van der Waals surface area contributed by atoms with Crippen molar-refractivity contribution in [3.05, 3.63) is 28.8 Å². The Morgan fingerprint density at radius 1 is 1.21 bits per heavy atom. The smallest absolute Gasteiger partial charge is 0.119 e. The van der Waals surface area contributed by atoms with Gasteiger partial charge < -0.3 is 9.64 Å². The lowest BCUT2D eigenvalue weighted by atomic mass is 9.76. The van der Waals surface area contributed by atoms with E-state index >= 15 is 0 Å². The summed E-state index contributed by atoms with van der Waals surface area (Å²) >= 11 is 0. The fraction of sp³-hybridized carbons (Fsp3) is 0.667. The quantitative estimate of drug-likeness (QED) is 0.539. The number of rotatable bonds is 2. The molecule has 0 aromatic heterocycles. The lowest BCUT2D eigenvalue weighted by molar-refractivity contribution is 0.114. The van der Waals surface area contributed by atoms with Gasteiger partial charge in [0.05, 0.1) is 30.6 Å². The second-order valence-electron chi connectivity index (χ2n) is 8.50. The van der Waals surface area contributed by atoms with Gasteiger partial charge in [-0.15, -0.1) is 0 Å². The first-order chi connectivity index (χ1) is 11.3. The highest BCUT2D eigenvalue weighted by molar-refractivity contribution is 5.64. The molecule has 1 atom stereocenters. The number of aliphatic imine (C=N–C) groups is 1. The minimum atomic E-state index is -0.0446. The van der Waals surface area contributed by atoms with Crippen LogP contribution in [0.4, 0.5) is 0 Å². The molecule has 24 heavy (non-hydrogen) atoms. The zero-order valence-electron chi connectivity index (χ0n) is 16.1. The number of fused-ring (bicyclic) bond motifs is 2. The Bertz CT molecular complexity index is 636. The molecule has 132 valence electrons. The number of hydrogen-bond donors (Lipinski definition) is 0. The molecule has 1 aliphatic carbocycles. The van der Waals surface area contributed by atoms with Gasteiger partial charge in [-0.1, -0.05) is 19.3 Å². The largest absolute Gasteiger partial charge is 0.497 e. The van der Waals surface area contributed by atoms with E-state index in [2.05, 4.69) is 58.0 Å². The van der Waals surface area contributed by atoms with E-state index in [0.717, 1.165) is 5.75 Å². The summed E-state index contributed by atoms with van der Waals surface area (Å²) in [4.78, 5) is 7.41. The van der Waals surface area contributed by atoms with Gasteiger partial charge in [-0.05, 0) is 76.3 Å². The Hall–Kier alpha value is -1.51. The predicted molar refractivity (Wildman–Crippen MR) is 101 cm³/mol. The van der Waals surface area contributed by atoms with Crippen LogP contribution in [0.1, 0.15) is 82.5 Å². The van der Waals surface area contributed by atoms with Gasteiger partial charge in [0, 0.05) is 0 Å². The summed E-state index contributed by atoms with van der Waals surface area (Å²) in [5.74, 6) is 0.984. The number of ether oxygens (including phenoxy) is 1. The SMILES string of the molecule is COc1cc(C)c2c(c1)C1(CCCCC1)N(C=NC(C)(C)C)C2C. The highest BCUT2D eigenvalue weighted by Gasteiger charge is 2.48. The van der Waals surface area contributed by atoms with E-state index in [9.17, 15) is 0 Å². The number of benzene rings is 1. The van der Waals surface area contributed by atoms with Crippen LogP contribution in [0.25, 0.3) is 0 Å². The monoisotopic (exact) mass is 328 g/mol. The van der Waals surface area contributed by atoms with Crippen molar-refractivity contribution in [1.29, 1.82) is 0 Å². The maximum absolute atomic E-state index is 5.59. The lowest BCUT2D eigenvalue weighted by Crippen LogP contribution is -2.43. The molecule has 0 N–H and O–H groups in total. The highest BCUT2D eigenvalue weighted by Crippen LogP contribution is 2.54. The molecule has 0 saturated heterocycles. The first-order valence-electron chi connectivity index (χ1n) is 9.31. The molecular weight excluding hydrogens is 296 g/mol. The average molecular weight is 328 g/mol. The predicted octanol–water partition coefficient (Wildman–Crippen LogP) is 5.37. The van der Waals surface area contributed by atoms with E-state index in [-0.39, 0.29) is 11.1 Å². The standard InChI is InChI=1S/C21H32N2O/c1-15-12-17(24-6)13-18-19(15)16(2)23(14-22-20(3,4)5)21(18)10-8-7-9-11-21/h12-14,16H,7-11H2,1-6H3. The topological polar surface area (TPSA) is 24.8 Å². The third kappa shape index (κ3) is 2.82. The average Bonchev–Trinajstić information content (AvgIpc) is 2.74. The van der Waals surface area contributed by atoms with Gasteiger partial charge >= 0.3 is 0 Å². The molecule has 1 heterocycles. The van der Waals surface area contributed by atoms with E-state index in [4.69, 9.17) is 9.73 Å². The molecular formula is C21H32N2O. The van der Waals surface area contributed by atoms with Gasteiger partial charge in [0.25, 0.3) is 0 Å². The normalized spacial score (nSPS) is 23.1. The Balaban J connectivity index is 2.14. The summed E-state index contributed by atoms with van der Waals surface area (Å²) in [6, 6.07) is 4.83. The molecule has 0 radical (unpaired) electrons. The first-order valence-corrected chi connectivity index (χ1v) is 9.31. The Kier molecular flexibility index (Phi) is 4.39.